The van der Waals surface area contributed by atoms with E-state index in [1.54, 1.807) is 0 Å². The Hall–Kier alpha value is -1.03. The molecule has 2 rings (SSSR count). The Morgan fingerprint density at radius 1 is 1.21 bits per heavy atom. The van der Waals surface area contributed by atoms with Crippen molar-refractivity contribution in [3.63, 3.8) is 0 Å². The zero-order valence-corrected chi connectivity index (χ0v) is 11.1. The quantitative estimate of drug-likeness (QED) is 0.860. The molecule has 106 valence electrons. The van der Waals surface area contributed by atoms with Crippen molar-refractivity contribution in [3.8, 4) is 0 Å². The van der Waals surface area contributed by atoms with Crippen molar-refractivity contribution >= 4 is 0 Å². The maximum absolute atomic E-state index is 12.4. The molecule has 1 aromatic rings. The Labute approximate surface area is 112 Å². The van der Waals surface area contributed by atoms with Gasteiger partial charge in [0.05, 0.1) is 0 Å². The summed E-state index contributed by atoms with van der Waals surface area (Å²) in [5.41, 5.74) is 2.59. The lowest BCUT2D eigenvalue weighted by molar-refractivity contribution is -0.137. The van der Waals surface area contributed by atoms with Crippen LogP contribution >= 0.6 is 0 Å². The summed E-state index contributed by atoms with van der Waals surface area (Å²) in [6.45, 7) is 2.66. The van der Waals surface area contributed by atoms with Crippen LogP contribution in [0.3, 0.4) is 0 Å². The van der Waals surface area contributed by atoms with E-state index in [2.05, 4.69) is 17.4 Å². The third kappa shape index (κ3) is 3.96. The number of rotatable bonds is 5. The van der Waals surface area contributed by atoms with E-state index < -0.39 is 12.6 Å². The van der Waals surface area contributed by atoms with E-state index in [1.807, 2.05) is 19.1 Å². The van der Waals surface area contributed by atoms with Crippen molar-refractivity contribution in [2.45, 2.75) is 44.8 Å². The normalized spacial score (nSPS) is 17.5. The topological polar surface area (TPSA) is 12.0 Å². The van der Waals surface area contributed by atoms with Crippen molar-refractivity contribution in [1.29, 1.82) is 0 Å². The fourth-order valence-corrected chi connectivity index (χ4v) is 2.96. The van der Waals surface area contributed by atoms with Gasteiger partial charge in [0.25, 0.3) is 0 Å². The lowest BCUT2D eigenvalue weighted by Crippen LogP contribution is -2.37. The monoisotopic (exact) mass is 271 g/mol. The first-order valence-corrected chi connectivity index (χ1v) is 6.86. The minimum atomic E-state index is -4.06. The van der Waals surface area contributed by atoms with E-state index in [4.69, 9.17) is 0 Å². The van der Waals surface area contributed by atoms with Gasteiger partial charge in [-0.1, -0.05) is 31.2 Å². The molecule has 19 heavy (non-hydrogen) atoms. The van der Waals surface area contributed by atoms with E-state index in [9.17, 15) is 13.2 Å². The van der Waals surface area contributed by atoms with Crippen molar-refractivity contribution in [1.82, 2.24) is 5.32 Å². The molecule has 4 heteroatoms. The fraction of sp³-hybridized carbons (Fsp3) is 0.600. The van der Waals surface area contributed by atoms with Gasteiger partial charge in [-0.15, -0.1) is 0 Å². The van der Waals surface area contributed by atoms with Gasteiger partial charge < -0.3 is 5.32 Å². The standard InChI is InChI=1S/C15H20F3N/c1-2-19-14(7-8-15(16,17)18)13-9-11-5-3-4-6-12(11)10-13/h3-6,13-14,19H,2,7-10H2,1H3. The Bertz CT molecular complexity index is 389. The highest BCUT2D eigenvalue weighted by molar-refractivity contribution is 5.32. The second-order valence-corrected chi connectivity index (χ2v) is 5.26. The van der Waals surface area contributed by atoms with Crippen LogP contribution in [0.4, 0.5) is 13.2 Å². The average Bonchev–Trinajstić information content (AvgIpc) is 2.76. The zero-order chi connectivity index (χ0) is 13.9. The molecule has 0 fully saturated rings. The van der Waals surface area contributed by atoms with Gasteiger partial charge in [-0.2, -0.15) is 13.2 Å². The van der Waals surface area contributed by atoms with Crippen LogP contribution in [0, 0.1) is 5.92 Å². The van der Waals surface area contributed by atoms with Gasteiger partial charge in [0.2, 0.25) is 0 Å². The third-order valence-corrected chi connectivity index (χ3v) is 3.86. The summed E-state index contributed by atoms with van der Waals surface area (Å²) in [5, 5.41) is 3.23. The van der Waals surface area contributed by atoms with Gasteiger partial charge in [-0.25, -0.2) is 0 Å². The zero-order valence-electron chi connectivity index (χ0n) is 11.1. The van der Waals surface area contributed by atoms with E-state index in [-0.39, 0.29) is 12.5 Å². The van der Waals surface area contributed by atoms with Crippen LogP contribution in [0.1, 0.15) is 30.9 Å². The lowest BCUT2D eigenvalue weighted by Gasteiger charge is -2.24. The summed E-state index contributed by atoms with van der Waals surface area (Å²) < 4.78 is 37.1. The summed E-state index contributed by atoms with van der Waals surface area (Å²) in [4.78, 5) is 0. The summed E-state index contributed by atoms with van der Waals surface area (Å²) >= 11 is 0. The van der Waals surface area contributed by atoms with Crippen molar-refractivity contribution in [2.24, 2.45) is 5.92 Å². The predicted octanol–water partition coefficient (Wildman–Crippen LogP) is 3.72. The number of hydrogen-bond acceptors (Lipinski definition) is 1. The van der Waals surface area contributed by atoms with Crippen molar-refractivity contribution in [2.75, 3.05) is 6.54 Å². The van der Waals surface area contributed by atoms with Crippen LogP contribution in [-0.4, -0.2) is 18.8 Å². The molecule has 1 aromatic carbocycles. The predicted molar refractivity (Wildman–Crippen MR) is 70.1 cm³/mol. The first-order chi connectivity index (χ1) is 8.99. The molecule has 0 spiro atoms. The van der Waals surface area contributed by atoms with E-state index >= 15 is 0 Å². The lowest BCUT2D eigenvalue weighted by atomic mass is 9.92. The summed E-state index contributed by atoms with van der Waals surface area (Å²) in [7, 11) is 0. The number of benzene rings is 1. The van der Waals surface area contributed by atoms with Crippen molar-refractivity contribution < 1.29 is 13.2 Å². The third-order valence-electron chi connectivity index (χ3n) is 3.86. The SMILES string of the molecule is CCNC(CCC(F)(F)F)C1Cc2ccccc2C1. The molecule has 0 bridgehead atoms. The van der Waals surface area contributed by atoms with Crippen LogP contribution < -0.4 is 5.32 Å². The summed E-state index contributed by atoms with van der Waals surface area (Å²) in [5.74, 6) is 0.291. The number of hydrogen-bond donors (Lipinski definition) is 1. The Morgan fingerprint density at radius 2 is 1.79 bits per heavy atom. The molecule has 0 aromatic heterocycles. The molecule has 1 N–H and O–H groups in total. The Morgan fingerprint density at radius 3 is 2.26 bits per heavy atom. The van der Waals surface area contributed by atoms with Crippen LogP contribution in [-0.2, 0) is 12.8 Å². The first-order valence-electron chi connectivity index (χ1n) is 6.86. The van der Waals surface area contributed by atoms with Gasteiger partial charge in [0, 0.05) is 12.5 Å². The van der Waals surface area contributed by atoms with Crippen LogP contribution in [0.15, 0.2) is 24.3 Å². The first kappa shape index (κ1) is 14.4. The second-order valence-electron chi connectivity index (χ2n) is 5.26. The molecular formula is C15H20F3N. The number of fused-ring (bicyclic) bond motifs is 1. The number of alkyl halides is 3. The van der Waals surface area contributed by atoms with Crippen LogP contribution in [0.25, 0.3) is 0 Å². The smallest absolute Gasteiger partial charge is 0.314 e. The molecule has 0 radical (unpaired) electrons. The molecule has 1 nitrogen and oxygen atoms in total. The average molecular weight is 271 g/mol. The molecular weight excluding hydrogens is 251 g/mol. The Kier molecular flexibility index (Phi) is 4.50. The van der Waals surface area contributed by atoms with Crippen LogP contribution in [0.2, 0.25) is 0 Å². The molecule has 0 saturated heterocycles. The molecule has 1 atom stereocenters. The molecule has 1 aliphatic carbocycles. The van der Waals surface area contributed by atoms with Gasteiger partial charge in [0.15, 0.2) is 0 Å². The van der Waals surface area contributed by atoms with Gasteiger partial charge in [0.1, 0.15) is 0 Å². The highest BCUT2D eigenvalue weighted by Gasteiger charge is 2.33. The molecule has 0 amide bonds. The van der Waals surface area contributed by atoms with E-state index in [0.717, 1.165) is 19.4 Å². The van der Waals surface area contributed by atoms with Gasteiger partial charge >= 0.3 is 6.18 Å². The van der Waals surface area contributed by atoms with E-state index in [1.165, 1.54) is 11.1 Å². The molecule has 1 unspecified atom stereocenters. The summed E-state index contributed by atoms with van der Waals surface area (Å²) in [6.07, 6.45) is -2.79. The summed E-state index contributed by atoms with van der Waals surface area (Å²) in [6, 6.07) is 8.13. The fourth-order valence-electron chi connectivity index (χ4n) is 2.96. The molecule has 0 aliphatic heterocycles. The maximum Gasteiger partial charge on any atom is 0.389 e. The van der Waals surface area contributed by atoms with Crippen molar-refractivity contribution in [3.05, 3.63) is 35.4 Å². The molecule has 0 saturated carbocycles. The molecule has 1 aliphatic rings. The second kappa shape index (κ2) is 5.95. The van der Waals surface area contributed by atoms with E-state index in [0.29, 0.717) is 5.92 Å². The minimum absolute atomic E-state index is 0.0426. The largest absolute Gasteiger partial charge is 0.389 e. The minimum Gasteiger partial charge on any atom is -0.314 e. The highest BCUT2D eigenvalue weighted by Crippen LogP contribution is 2.32. The Balaban J connectivity index is 1.98. The number of halogens is 3. The van der Waals surface area contributed by atoms with Gasteiger partial charge in [-0.3, -0.25) is 0 Å². The maximum atomic E-state index is 12.4. The van der Waals surface area contributed by atoms with Gasteiger partial charge in [-0.05, 0) is 42.9 Å². The van der Waals surface area contributed by atoms with Crippen LogP contribution in [0.5, 0.6) is 0 Å². The number of nitrogens with one attached hydrogen (secondary N) is 1. The molecule has 0 heterocycles. The highest BCUT2D eigenvalue weighted by atomic mass is 19.4.